The molecule has 0 radical (unpaired) electrons. The molecule has 2 heterocycles. The average Bonchev–Trinajstić information content (AvgIpc) is 3.70. The molecule has 2 aliphatic heterocycles. The summed E-state index contributed by atoms with van der Waals surface area (Å²) in [5.41, 5.74) is 8.83. The molecule has 0 saturated heterocycles. The molecule has 5 rings (SSSR count). The van der Waals surface area contributed by atoms with E-state index in [0.717, 1.165) is 18.4 Å². The molecule has 1 atom stereocenters. The summed E-state index contributed by atoms with van der Waals surface area (Å²) in [5.74, 6) is -2.57. The van der Waals surface area contributed by atoms with Gasteiger partial charge >= 0.3 is 11.9 Å². The number of nitriles is 1. The lowest BCUT2D eigenvalue weighted by atomic mass is 9.81. The van der Waals surface area contributed by atoms with E-state index in [-0.39, 0.29) is 34.6 Å². The van der Waals surface area contributed by atoms with E-state index in [2.05, 4.69) is 6.07 Å². The summed E-state index contributed by atoms with van der Waals surface area (Å²) in [6.45, 7) is 0.447. The maximum atomic E-state index is 13.2. The third-order valence-corrected chi connectivity index (χ3v) is 6.78. The molecule has 0 aromatic heterocycles. The van der Waals surface area contributed by atoms with Gasteiger partial charge in [0.05, 0.1) is 37.4 Å². The van der Waals surface area contributed by atoms with Crippen LogP contribution in [-0.2, 0) is 25.6 Å². The van der Waals surface area contributed by atoms with Gasteiger partial charge in [0.15, 0.2) is 0 Å². The lowest BCUT2D eigenvalue weighted by Gasteiger charge is -2.36. The minimum Gasteiger partial charge on any atom is -0.466 e. The van der Waals surface area contributed by atoms with Crippen LogP contribution in [0.5, 0.6) is 0 Å². The molecular weight excluding hydrogens is 460 g/mol. The molecule has 36 heavy (non-hydrogen) atoms. The molecule has 0 spiro atoms. The van der Waals surface area contributed by atoms with Gasteiger partial charge in [-0.1, -0.05) is 30.3 Å². The second kappa shape index (κ2) is 8.89. The molecule has 3 aliphatic rings. The van der Waals surface area contributed by atoms with Gasteiger partial charge in [0.1, 0.15) is 11.5 Å². The van der Waals surface area contributed by atoms with Gasteiger partial charge in [0.25, 0.3) is 5.91 Å². The number of carbonyl (C=O) groups is 3. The maximum absolute atomic E-state index is 13.2. The molecule has 9 nitrogen and oxygen atoms in total. The third kappa shape index (κ3) is 3.58. The minimum atomic E-state index is -0.935. The Kier molecular flexibility index (Phi) is 5.72. The number of ether oxygens (including phenoxy) is 2. The number of nitrogens with zero attached hydrogens (tertiary/aromatic N) is 3. The van der Waals surface area contributed by atoms with Crippen molar-refractivity contribution < 1.29 is 23.9 Å². The van der Waals surface area contributed by atoms with E-state index >= 15 is 0 Å². The number of carbonyl (C=O) groups excluding carboxylic acids is 3. The van der Waals surface area contributed by atoms with Gasteiger partial charge < -0.3 is 20.1 Å². The van der Waals surface area contributed by atoms with Crippen molar-refractivity contribution in [3.63, 3.8) is 0 Å². The Balaban J connectivity index is 1.72. The Morgan fingerprint density at radius 3 is 2.36 bits per heavy atom. The first-order valence-electron chi connectivity index (χ1n) is 11.5. The van der Waals surface area contributed by atoms with Crippen LogP contribution < -0.4 is 10.6 Å². The molecule has 1 amide bonds. The van der Waals surface area contributed by atoms with Crippen molar-refractivity contribution in [1.29, 1.82) is 5.26 Å². The largest absolute Gasteiger partial charge is 0.466 e. The Morgan fingerprint density at radius 1 is 1.06 bits per heavy atom. The fourth-order valence-electron chi connectivity index (χ4n) is 4.93. The molecule has 182 valence electrons. The first-order valence-corrected chi connectivity index (χ1v) is 11.5. The highest BCUT2D eigenvalue weighted by atomic mass is 16.5. The topological polar surface area (TPSA) is 126 Å². The number of methoxy groups -OCH3 is 2. The van der Waals surface area contributed by atoms with E-state index < -0.39 is 17.9 Å². The van der Waals surface area contributed by atoms with Crippen LogP contribution in [0.15, 0.2) is 71.2 Å². The number of amides is 1. The van der Waals surface area contributed by atoms with Crippen molar-refractivity contribution in [1.82, 2.24) is 4.90 Å². The van der Waals surface area contributed by atoms with Gasteiger partial charge in [-0.05, 0) is 42.2 Å². The fourth-order valence-corrected chi connectivity index (χ4v) is 4.93. The molecular formula is C27H24N4O5. The quantitative estimate of drug-likeness (QED) is 0.642. The lowest BCUT2D eigenvalue weighted by Crippen LogP contribution is -2.40. The van der Waals surface area contributed by atoms with E-state index in [0.29, 0.717) is 23.4 Å². The summed E-state index contributed by atoms with van der Waals surface area (Å²) in [6, 6.07) is 16.3. The molecule has 9 heteroatoms. The fraction of sp³-hybridized carbons (Fsp3) is 0.259. The van der Waals surface area contributed by atoms with Gasteiger partial charge in [-0.15, -0.1) is 0 Å². The summed E-state index contributed by atoms with van der Waals surface area (Å²) < 4.78 is 10.1. The number of fused-ring (bicyclic) bond motifs is 1. The number of hydrogen-bond acceptors (Lipinski definition) is 8. The normalized spacial score (nSPS) is 19.2. The van der Waals surface area contributed by atoms with Crippen LogP contribution in [0, 0.1) is 11.3 Å². The molecule has 1 fully saturated rings. The van der Waals surface area contributed by atoms with E-state index in [1.165, 1.54) is 19.1 Å². The number of rotatable bonds is 5. The molecule has 1 unspecified atom stereocenters. The average molecular weight is 485 g/mol. The van der Waals surface area contributed by atoms with Crippen LogP contribution in [0.4, 0.5) is 5.69 Å². The second-order valence-corrected chi connectivity index (χ2v) is 8.84. The number of hydrogen-bond donors (Lipinski definition) is 1. The zero-order valence-corrected chi connectivity index (χ0v) is 19.9. The number of allylic oxidation sites excluding steroid dienone is 1. The molecule has 0 bridgehead atoms. The van der Waals surface area contributed by atoms with Crippen LogP contribution in [0.25, 0.3) is 0 Å². The van der Waals surface area contributed by atoms with E-state index in [9.17, 15) is 19.6 Å². The van der Waals surface area contributed by atoms with E-state index in [4.69, 9.17) is 15.2 Å². The van der Waals surface area contributed by atoms with Gasteiger partial charge in [0.2, 0.25) is 0 Å². The van der Waals surface area contributed by atoms with Crippen molar-refractivity contribution in [2.75, 3.05) is 19.1 Å². The predicted octanol–water partition coefficient (Wildman–Crippen LogP) is 2.70. The summed E-state index contributed by atoms with van der Waals surface area (Å²) in [5, 5.41) is 10.1. The monoisotopic (exact) mass is 484 g/mol. The highest BCUT2D eigenvalue weighted by Gasteiger charge is 2.44. The van der Waals surface area contributed by atoms with Crippen molar-refractivity contribution in [2.24, 2.45) is 5.73 Å². The van der Waals surface area contributed by atoms with Crippen molar-refractivity contribution in [2.45, 2.75) is 31.3 Å². The van der Waals surface area contributed by atoms with Gasteiger partial charge in [0, 0.05) is 23.8 Å². The molecule has 2 aromatic rings. The number of benzene rings is 2. The predicted molar refractivity (Wildman–Crippen MR) is 129 cm³/mol. The second-order valence-electron chi connectivity index (χ2n) is 8.84. The first-order chi connectivity index (χ1) is 17.4. The van der Waals surface area contributed by atoms with Gasteiger partial charge in [-0.2, -0.15) is 5.26 Å². The van der Waals surface area contributed by atoms with Crippen LogP contribution in [0.1, 0.15) is 40.2 Å². The number of anilines is 1. The highest BCUT2D eigenvalue weighted by molar-refractivity contribution is 6.06. The SMILES string of the molecule is COC(=O)C1=C(C(=O)OC)N(c2ccc3c(c2)CN(C2CC2)C3=O)C(N)=C(C#N)C1c1ccccc1. The van der Waals surface area contributed by atoms with Crippen LogP contribution in [0.3, 0.4) is 0 Å². The van der Waals surface area contributed by atoms with Crippen molar-refractivity contribution >= 4 is 23.5 Å². The van der Waals surface area contributed by atoms with Crippen LogP contribution >= 0.6 is 0 Å². The Hall–Kier alpha value is -4.58. The van der Waals surface area contributed by atoms with Crippen molar-refractivity contribution in [3.05, 3.63) is 87.9 Å². The third-order valence-electron chi connectivity index (χ3n) is 6.78. The zero-order valence-electron chi connectivity index (χ0n) is 19.9. The van der Waals surface area contributed by atoms with E-state index in [1.807, 2.05) is 4.90 Å². The Bertz CT molecular complexity index is 1380. The number of nitrogens with two attached hydrogens (primary N) is 1. The highest BCUT2D eigenvalue weighted by Crippen LogP contribution is 2.44. The minimum absolute atomic E-state index is 0.0114. The maximum Gasteiger partial charge on any atom is 0.355 e. The smallest absolute Gasteiger partial charge is 0.355 e. The summed E-state index contributed by atoms with van der Waals surface area (Å²) in [4.78, 5) is 42.3. The molecule has 2 N–H and O–H groups in total. The first kappa shape index (κ1) is 23.2. The Morgan fingerprint density at radius 2 is 1.75 bits per heavy atom. The number of esters is 2. The molecule has 1 aliphatic carbocycles. The molecule has 2 aromatic carbocycles. The van der Waals surface area contributed by atoms with Crippen LogP contribution in [-0.4, -0.2) is 43.0 Å². The van der Waals surface area contributed by atoms with Gasteiger partial charge in [-0.3, -0.25) is 9.69 Å². The summed E-state index contributed by atoms with van der Waals surface area (Å²) in [6.07, 6.45) is 1.97. The van der Waals surface area contributed by atoms with Crippen molar-refractivity contribution in [3.8, 4) is 6.07 Å². The Labute approximate surface area is 208 Å². The summed E-state index contributed by atoms with van der Waals surface area (Å²) in [7, 11) is 2.41. The zero-order chi connectivity index (χ0) is 25.6. The summed E-state index contributed by atoms with van der Waals surface area (Å²) >= 11 is 0. The standard InChI is InChI=1S/C27H24N4O5/c1-35-26(33)22-21(15-6-4-3-5-7-15)20(13-28)24(29)31(23(22)27(34)36-2)18-10-11-19-16(12-18)14-30(25(19)32)17-8-9-17/h3-7,10-12,17,21H,8-9,14,29H2,1-2H3. The van der Waals surface area contributed by atoms with Gasteiger partial charge in [-0.25, -0.2) is 9.59 Å². The lowest BCUT2D eigenvalue weighted by molar-refractivity contribution is -0.139. The molecule has 1 saturated carbocycles. The van der Waals surface area contributed by atoms with E-state index in [1.54, 1.807) is 48.5 Å². The van der Waals surface area contributed by atoms with Crippen LogP contribution in [0.2, 0.25) is 0 Å².